The van der Waals surface area contributed by atoms with E-state index in [1.807, 2.05) is 30.3 Å². The molecule has 0 atom stereocenters. The Morgan fingerprint density at radius 3 is 2.50 bits per heavy atom. The van der Waals surface area contributed by atoms with Crippen molar-refractivity contribution in [2.24, 2.45) is 4.99 Å². The number of hydrogen-bond donors (Lipinski definition) is 2. The summed E-state index contributed by atoms with van der Waals surface area (Å²) >= 11 is 0. The van der Waals surface area contributed by atoms with Crippen molar-refractivity contribution in [1.29, 1.82) is 0 Å². The van der Waals surface area contributed by atoms with Gasteiger partial charge in [-0.2, -0.15) is 4.99 Å². The summed E-state index contributed by atoms with van der Waals surface area (Å²) in [5.41, 5.74) is 1.48. The maximum absolute atomic E-state index is 12.2. The molecule has 1 aliphatic heterocycles. The molecule has 0 aliphatic carbocycles. The first-order valence-corrected chi connectivity index (χ1v) is 6.06. The first-order chi connectivity index (χ1) is 9.66. The standard InChI is InChI=1S/C15H10N2O3/c18-13-10-7-4-8-11(15(19)20)12(10)17-14(13)16-9-5-2-1-3-6-9/h1-8H,(H,19,20)(H,16,17,18)/p+1. The van der Waals surface area contributed by atoms with Crippen LogP contribution in [0.25, 0.3) is 0 Å². The number of nitrogens with zero attached hydrogens (tertiary/aromatic N) is 1. The second-order valence-electron chi connectivity index (χ2n) is 4.39. The van der Waals surface area contributed by atoms with E-state index in [1.165, 1.54) is 6.07 Å². The molecule has 0 saturated carbocycles. The number of quaternary nitrogens is 1. The van der Waals surface area contributed by atoms with E-state index < -0.39 is 5.97 Å². The van der Waals surface area contributed by atoms with E-state index in [4.69, 9.17) is 5.11 Å². The topological polar surface area (TPSA) is 83.3 Å². The maximum Gasteiger partial charge on any atom is 0.337 e. The van der Waals surface area contributed by atoms with E-state index >= 15 is 0 Å². The van der Waals surface area contributed by atoms with Crippen molar-refractivity contribution in [2.75, 3.05) is 0 Å². The number of carboxylic acid groups (broad SMARTS) is 1. The fraction of sp³-hybridized carbons (Fsp3) is 0. The third kappa shape index (κ3) is 2.00. The molecule has 0 saturated heterocycles. The highest BCUT2D eigenvalue weighted by atomic mass is 16.4. The minimum absolute atomic E-state index is 0.0484. The lowest BCUT2D eigenvalue weighted by molar-refractivity contribution is -0.440. The zero-order valence-electron chi connectivity index (χ0n) is 10.4. The molecule has 0 amide bonds. The number of amidine groups is 1. The maximum atomic E-state index is 12.2. The van der Waals surface area contributed by atoms with Crippen molar-refractivity contribution in [1.82, 2.24) is 0 Å². The van der Waals surface area contributed by atoms with Gasteiger partial charge in [-0.15, -0.1) is 0 Å². The molecule has 0 aromatic heterocycles. The van der Waals surface area contributed by atoms with Crippen LogP contribution < -0.4 is 5.32 Å². The number of carbonyl (C=O) groups is 2. The Kier molecular flexibility index (Phi) is 2.89. The van der Waals surface area contributed by atoms with Crippen molar-refractivity contribution in [3.8, 4) is 0 Å². The summed E-state index contributed by atoms with van der Waals surface area (Å²) in [7, 11) is 0. The fourth-order valence-electron chi connectivity index (χ4n) is 2.13. The molecular formula is C15H11N2O3+. The molecule has 0 fully saturated rings. The summed E-state index contributed by atoms with van der Waals surface area (Å²) < 4.78 is 0. The van der Waals surface area contributed by atoms with Crippen molar-refractivity contribution in [3.63, 3.8) is 0 Å². The van der Waals surface area contributed by atoms with Gasteiger partial charge in [0.15, 0.2) is 0 Å². The number of Topliss-reactive ketones (excluding diaryl/α,β-unsaturated/α-hetero) is 1. The minimum Gasteiger partial charge on any atom is -0.478 e. The van der Waals surface area contributed by atoms with Gasteiger partial charge in [0.05, 0.1) is 16.8 Å². The minimum atomic E-state index is -1.08. The van der Waals surface area contributed by atoms with E-state index in [2.05, 4.69) is 4.99 Å². The van der Waals surface area contributed by atoms with Gasteiger partial charge in [-0.25, -0.2) is 4.79 Å². The number of carbonyl (C=O) groups excluding carboxylic acids is 1. The van der Waals surface area contributed by atoms with Crippen LogP contribution in [0.2, 0.25) is 0 Å². The van der Waals surface area contributed by atoms with Crippen LogP contribution in [0.3, 0.4) is 0 Å². The molecule has 98 valence electrons. The summed E-state index contributed by atoms with van der Waals surface area (Å²) in [6, 6.07) is 13.9. The lowest BCUT2D eigenvalue weighted by Crippen LogP contribution is -2.83. The molecule has 2 aromatic carbocycles. The molecule has 20 heavy (non-hydrogen) atoms. The van der Waals surface area contributed by atoms with Crippen molar-refractivity contribution >= 4 is 29.0 Å². The number of rotatable bonds is 2. The Labute approximate surface area is 114 Å². The normalized spacial score (nSPS) is 13.0. The monoisotopic (exact) mass is 267 g/mol. The molecule has 3 N–H and O–H groups in total. The highest BCUT2D eigenvalue weighted by Crippen LogP contribution is 2.29. The number of benzene rings is 2. The van der Waals surface area contributed by atoms with Crippen LogP contribution in [-0.4, -0.2) is 22.7 Å². The van der Waals surface area contributed by atoms with Gasteiger partial charge in [-0.1, -0.05) is 24.3 Å². The molecule has 1 aliphatic rings. The first-order valence-electron chi connectivity index (χ1n) is 6.06. The molecule has 5 heteroatoms. The molecular weight excluding hydrogens is 256 g/mol. The van der Waals surface area contributed by atoms with E-state index in [0.717, 1.165) is 5.69 Å². The SMILES string of the molecule is O=C(O)c1cccc2c1N=C([NH2+]c1ccccc1)C2=O. The summed E-state index contributed by atoms with van der Waals surface area (Å²) in [4.78, 5) is 27.5. The third-order valence-electron chi connectivity index (χ3n) is 3.08. The molecule has 5 nitrogen and oxygen atoms in total. The average molecular weight is 267 g/mol. The van der Waals surface area contributed by atoms with Crippen molar-refractivity contribution < 1.29 is 20.0 Å². The largest absolute Gasteiger partial charge is 0.478 e. The van der Waals surface area contributed by atoms with Gasteiger partial charge in [-0.3, -0.25) is 10.1 Å². The van der Waals surface area contributed by atoms with Crippen LogP contribution in [-0.2, 0) is 0 Å². The van der Waals surface area contributed by atoms with Crippen molar-refractivity contribution in [2.45, 2.75) is 0 Å². The number of fused-ring (bicyclic) bond motifs is 1. The second-order valence-corrected chi connectivity index (χ2v) is 4.39. The van der Waals surface area contributed by atoms with Crippen molar-refractivity contribution in [3.05, 3.63) is 59.7 Å². The van der Waals surface area contributed by atoms with E-state index in [-0.39, 0.29) is 22.9 Å². The van der Waals surface area contributed by atoms with Crippen LogP contribution in [0.1, 0.15) is 20.7 Å². The second kappa shape index (κ2) is 4.71. The van der Waals surface area contributed by atoms with Gasteiger partial charge in [0.25, 0.3) is 11.6 Å². The van der Waals surface area contributed by atoms with Crippen LogP contribution in [0.15, 0.2) is 53.5 Å². The number of aromatic carboxylic acids is 1. The molecule has 0 bridgehead atoms. The van der Waals surface area contributed by atoms with E-state index in [9.17, 15) is 9.59 Å². The predicted octanol–water partition coefficient (Wildman–Crippen LogP) is 1.51. The van der Waals surface area contributed by atoms with Crippen LogP contribution in [0.4, 0.5) is 11.4 Å². The van der Waals surface area contributed by atoms with Crippen LogP contribution >= 0.6 is 0 Å². The molecule has 3 rings (SSSR count). The van der Waals surface area contributed by atoms with Gasteiger partial charge in [0, 0.05) is 0 Å². The Balaban J connectivity index is 2.00. The first kappa shape index (κ1) is 12.3. The zero-order valence-corrected chi connectivity index (χ0v) is 10.4. The Morgan fingerprint density at radius 2 is 1.80 bits per heavy atom. The predicted molar refractivity (Wildman–Crippen MR) is 72.9 cm³/mol. The summed E-state index contributed by atoms with van der Waals surface area (Å²) in [5, 5.41) is 10.8. The van der Waals surface area contributed by atoms with E-state index in [0.29, 0.717) is 5.56 Å². The molecule has 2 aromatic rings. The highest BCUT2D eigenvalue weighted by molar-refractivity contribution is 6.46. The Morgan fingerprint density at radius 1 is 1.05 bits per heavy atom. The third-order valence-corrected chi connectivity index (χ3v) is 3.08. The summed E-state index contributed by atoms with van der Waals surface area (Å²) in [5.74, 6) is -1.06. The number of ketones is 1. The lowest BCUT2D eigenvalue weighted by Gasteiger charge is -1.98. The fourth-order valence-corrected chi connectivity index (χ4v) is 2.13. The molecule has 0 unspecified atom stereocenters. The number of nitrogens with two attached hydrogens (primary N) is 1. The molecule has 0 radical (unpaired) electrons. The lowest BCUT2D eigenvalue weighted by atomic mass is 10.1. The van der Waals surface area contributed by atoms with Gasteiger partial charge < -0.3 is 5.11 Å². The molecule has 0 spiro atoms. The van der Waals surface area contributed by atoms with Gasteiger partial charge in [0.1, 0.15) is 5.69 Å². The number of carboxylic acids is 1. The number of aliphatic imine (C=N–C) groups is 1. The van der Waals surface area contributed by atoms with Crippen LogP contribution in [0, 0.1) is 0 Å². The zero-order chi connectivity index (χ0) is 14.1. The Hall–Kier alpha value is -2.79. The average Bonchev–Trinajstić information content (AvgIpc) is 2.77. The quantitative estimate of drug-likeness (QED) is 0.809. The highest BCUT2D eigenvalue weighted by Gasteiger charge is 2.31. The van der Waals surface area contributed by atoms with E-state index in [1.54, 1.807) is 17.4 Å². The van der Waals surface area contributed by atoms with Crippen LogP contribution in [0.5, 0.6) is 0 Å². The molecule has 1 heterocycles. The smallest absolute Gasteiger partial charge is 0.337 e. The van der Waals surface area contributed by atoms with Gasteiger partial charge in [-0.05, 0) is 24.3 Å². The number of para-hydroxylation sites is 2. The van der Waals surface area contributed by atoms with Gasteiger partial charge in [0.2, 0.25) is 0 Å². The summed E-state index contributed by atoms with van der Waals surface area (Å²) in [6.45, 7) is 0. The van der Waals surface area contributed by atoms with Gasteiger partial charge >= 0.3 is 5.97 Å². The number of hydrogen-bond acceptors (Lipinski definition) is 3. The summed E-state index contributed by atoms with van der Waals surface area (Å²) in [6.07, 6.45) is 0. The Bertz CT molecular complexity index is 736.